The lowest BCUT2D eigenvalue weighted by atomic mass is 10.0. The molecule has 1 fully saturated rings. The van der Waals surface area contributed by atoms with E-state index in [-0.39, 0.29) is 5.91 Å². The van der Waals surface area contributed by atoms with Gasteiger partial charge in [-0.2, -0.15) is 0 Å². The van der Waals surface area contributed by atoms with E-state index in [0.717, 1.165) is 31.0 Å². The summed E-state index contributed by atoms with van der Waals surface area (Å²) in [7, 11) is 0. The zero-order valence-electron chi connectivity index (χ0n) is 10.9. The van der Waals surface area contributed by atoms with E-state index >= 15 is 0 Å². The van der Waals surface area contributed by atoms with E-state index in [1.165, 1.54) is 6.92 Å². The van der Waals surface area contributed by atoms with E-state index < -0.39 is 0 Å². The maximum atomic E-state index is 11.0. The Hall–Kier alpha value is -1.55. The van der Waals surface area contributed by atoms with Crippen molar-refractivity contribution in [2.75, 3.05) is 23.8 Å². The molecule has 0 aromatic heterocycles. The fourth-order valence-electron chi connectivity index (χ4n) is 2.22. The first-order valence-electron chi connectivity index (χ1n) is 6.37. The average Bonchev–Trinajstić information content (AvgIpc) is 2.81. The lowest BCUT2D eigenvalue weighted by molar-refractivity contribution is -0.114. The van der Waals surface area contributed by atoms with Crippen molar-refractivity contribution >= 4 is 17.3 Å². The van der Waals surface area contributed by atoms with Crippen LogP contribution in [0.4, 0.5) is 11.4 Å². The molecule has 0 saturated carbocycles. The number of amides is 1. The molecule has 1 saturated heterocycles. The van der Waals surface area contributed by atoms with Gasteiger partial charge in [-0.25, -0.2) is 0 Å². The Balaban J connectivity index is 1.97. The standard InChI is InChI=1S/C14H20N2O2/c1-10(12-6-7-18-9-12)15-13-4-3-5-14(8-13)16-11(2)17/h3-5,8,10,12,15H,6-7,9H2,1-2H3,(H,16,17). The lowest BCUT2D eigenvalue weighted by Crippen LogP contribution is -2.26. The quantitative estimate of drug-likeness (QED) is 0.860. The maximum Gasteiger partial charge on any atom is 0.221 e. The predicted molar refractivity (Wildman–Crippen MR) is 72.8 cm³/mol. The van der Waals surface area contributed by atoms with Gasteiger partial charge < -0.3 is 15.4 Å². The van der Waals surface area contributed by atoms with Crippen molar-refractivity contribution in [1.29, 1.82) is 0 Å². The van der Waals surface area contributed by atoms with Crippen molar-refractivity contribution in [2.24, 2.45) is 5.92 Å². The van der Waals surface area contributed by atoms with Crippen LogP contribution in [0.25, 0.3) is 0 Å². The summed E-state index contributed by atoms with van der Waals surface area (Å²) >= 11 is 0. The Morgan fingerprint density at radius 1 is 1.44 bits per heavy atom. The molecule has 0 bridgehead atoms. The maximum absolute atomic E-state index is 11.0. The first-order valence-corrected chi connectivity index (χ1v) is 6.37. The third kappa shape index (κ3) is 3.47. The molecule has 18 heavy (non-hydrogen) atoms. The fraction of sp³-hybridized carbons (Fsp3) is 0.500. The number of nitrogens with one attached hydrogen (secondary N) is 2. The Labute approximate surface area is 108 Å². The van der Waals surface area contributed by atoms with Gasteiger partial charge >= 0.3 is 0 Å². The minimum absolute atomic E-state index is 0.0515. The van der Waals surface area contributed by atoms with Gasteiger partial charge in [-0.05, 0) is 31.5 Å². The van der Waals surface area contributed by atoms with Crippen molar-refractivity contribution < 1.29 is 9.53 Å². The number of hydrogen-bond donors (Lipinski definition) is 2. The first kappa shape index (κ1) is 12.9. The minimum Gasteiger partial charge on any atom is -0.382 e. The van der Waals surface area contributed by atoms with Gasteiger partial charge in [-0.1, -0.05) is 6.07 Å². The normalized spacial score (nSPS) is 20.4. The minimum atomic E-state index is -0.0515. The van der Waals surface area contributed by atoms with Gasteiger partial charge in [0.15, 0.2) is 0 Å². The number of ether oxygens (including phenoxy) is 1. The van der Waals surface area contributed by atoms with Crippen molar-refractivity contribution in [1.82, 2.24) is 0 Å². The molecule has 1 aliphatic rings. The van der Waals surface area contributed by atoms with E-state index in [9.17, 15) is 4.79 Å². The number of anilines is 2. The Bertz CT molecular complexity index is 414. The van der Waals surface area contributed by atoms with Gasteiger partial charge in [0.2, 0.25) is 5.91 Å². The van der Waals surface area contributed by atoms with E-state index in [0.29, 0.717) is 12.0 Å². The van der Waals surface area contributed by atoms with E-state index in [1.807, 2.05) is 24.3 Å². The van der Waals surface area contributed by atoms with Gasteiger partial charge in [0.05, 0.1) is 6.61 Å². The lowest BCUT2D eigenvalue weighted by Gasteiger charge is -2.20. The molecule has 2 atom stereocenters. The number of benzene rings is 1. The average molecular weight is 248 g/mol. The third-order valence-corrected chi connectivity index (χ3v) is 3.25. The molecule has 1 aromatic carbocycles. The second kappa shape index (κ2) is 5.87. The largest absolute Gasteiger partial charge is 0.382 e. The van der Waals surface area contributed by atoms with Crippen LogP contribution >= 0.6 is 0 Å². The number of hydrogen-bond acceptors (Lipinski definition) is 3. The van der Waals surface area contributed by atoms with Crippen LogP contribution < -0.4 is 10.6 Å². The van der Waals surface area contributed by atoms with Crippen LogP contribution in [0.2, 0.25) is 0 Å². The van der Waals surface area contributed by atoms with Gasteiger partial charge in [0, 0.05) is 36.9 Å². The molecule has 4 heteroatoms. The van der Waals surface area contributed by atoms with Crippen LogP contribution in [-0.2, 0) is 9.53 Å². The predicted octanol–water partition coefficient (Wildman–Crippen LogP) is 2.48. The molecule has 2 rings (SSSR count). The summed E-state index contributed by atoms with van der Waals surface area (Å²) in [4.78, 5) is 11.0. The van der Waals surface area contributed by atoms with Crippen LogP contribution in [0.5, 0.6) is 0 Å². The molecule has 98 valence electrons. The topological polar surface area (TPSA) is 50.4 Å². The van der Waals surface area contributed by atoms with Gasteiger partial charge in [-0.3, -0.25) is 4.79 Å². The summed E-state index contributed by atoms with van der Waals surface area (Å²) in [6, 6.07) is 8.16. The molecule has 2 unspecified atom stereocenters. The van der Waals surface area contributed by atoms with Crippen molar-refractivity contribution in [3.63, 3.8) is 0 Å². The highest BCUT2D eigenvalue weighted by Crippen LogP contribution is 2.22. The van der Waals surface area contributed by atoms with Crippen LogP contribution in [0.1, 0.15) is 20.3 Å². The molecule has 0 spiro atoms. The molecule has 0 aliphatic carbocycles. The summed E-state index contributed by atoms with van der Waals surface area (Å²) in [5.41, 5.74) is 1.85. The second-order valence-electron chi connectivity index (χ2n) is 4.82. The SMILES string of the molecule is CC(=O)Nc1cccc(NC(C)C2CCOC2)c1. The monoisotopic (exact) mass is 248 g/mol. The van der Waals surface area contributed by atoms with Crippen molar-refractivity contribution in [3.8, 4) is 0 Å². The highest BCUT2D eigenvalue weighted by Gasteiger charge is 2.21. The van der Waals surface area contributed by atoms with E-state index in [2.05, 4.69) is 17.6 Å². The molecular formula is C14H20N2O2. The molecule has 1 heterocycles. The molecule has 2 N–H and O–H groups in total. The van der Waals surface area contributed by atoms with Crippen LogP contribution in [0.15, 0.2) is 24.3 Å². The number of rotatable bonds is 4. The smallest absolute Gasteiger partial charge is 0.221 e. The third-order valence-electron chi connectivity index (χ3n) is 3.25. The summed E-state index contributed by atoms with van der Waals surface area (Å²) in [5, 5.41) is 6.25. The molecule has 0 radical (unpaired) electrons. The molecule has 1 aromatic rings. The zero-order chi connectivity index (χ0) is 13.0. The van der Waals surface area contributed by atoms with Gasteiger partial charge in [-0.15, -0.1) is 0 Å². The van der Waals surface area contributed by atoms with E-state index in [4.69, 9.17) is 4.74 Å². The Morgan fingerprint density at radius 2 is 2.22 bits per heavy atom. The first-order chi connectivity index (χ1) is 8.65. The molecular weight excluding hydrogens is 228 g/mol. The Kier molecular flexibility index (Phi) is 4.20. The van der Waals surface area contributed by atoms with E-state index in [1.54, 1.807) is 0 Å². The van der Waals surface area contributed by atoms with Crippen LogP contribution in [0.3, 0.4) is 0 Å². The highest BCUT2D eigenvalue weighted by molar-refractivity contribution is 5.89. The van der Waals surface area contributed by atoms with Gasteiger partial charge in [0.1, 0.15) is 0 Å². The van der Waals surface area contributed by atoms with Crippen LogP contribution in [-0.4, -0.2) is 25.2 Å². The highest BCUT2D eigenvalue weighted by atomic mass is 16.5. The number of carbonyl (C=O) groups is 1. The summed E-state index contributed by atoms with van der Waals surface area (Å²) in [6.45, 7) is 5.38. The summed E-state index contributed by atoms with van der Waals surface area (Å²) < 4.78 is 5.40. The summed E-state index contributed by atoms with van der Waals surface area (Å²) in [5.74, 6) is 0.513. The molecule has 1 amide bonds. The number of carbonyl (C=O) groups excluding carboxylic acids is 1. The molecule has 1 aliphatic heterocycles. The Morgan fingerprint density at radius 3 is 2.89 bits per heavy atom. The van der Waals surface area contributed by atoms with Crippen molar-refractivity contribution in [2.45, 2.75) is 26.3 Å². The fourth-order valence-corrected chi connectivity index (χ4v) is 2.22. The molecule has 4 nitrogen and oxygen atoms in total. The van der Waals surface area contributed by atoms with Crippen molar-refractivity contribution in [3.05, 3.63) is 24.3 Å². The zero-order valence-corrected chi connectivity index (χ0v) is 10.9. The van der Waals surface area contributed by atoms with Gasteiger partial charge in [0.25, 0.3) is 0 Å². The van der Waals surface area contributed by atoms with Crippen LogP contribution in [0, 0.1) is 5.92 Å². The second-order valence-corrected chi connectivity index (χ2v) is 4.82. The summed E-state index contributed by atoms with van der Waals surface area (Å²) in [6.07, 6.45) is 1.11.